The van der Waals surface area contributed by atoms with Gasteiger partial charge in [-0.1, -0.05) is 6.92 Å². The van der Waals surface area contributed by atoms with Crippen molar-refractivity contribution < 1.29 is 8.42 Å². The van der Waals surface area contributed by atoms with Gasteiger partial charge in [-0.3, -0.25) is 9.40 Å². The fraction of sp³-hybridized carbons (Fsp3) is 0.571. The fourth-order valence-corrected chi connectivity index (χ4v) is 5.27. The van der Waals surface area contributed by atoms with Crippen LogP contribution in [-0.4, -0.2) is 23.2 Å². The summed E-state index contributed by atoms with van der Waals surface area (Å²) >= 11 is 1.45. The van der Waals surface area contributed by atoms with Gasteiger partial charge in [-0.15, -0.1) is 11.3 Å². The summed E-state index contributed by atoms with van der Waals surface area (Å²) in [6, 6.07) is 0. The van der Waals surface area contributed by atoms with Gasteiger partial charge in [-0.2, -0.15) is 5.10 Å². The lowest BCUT2D eigenvalue weighted by Crippen LogP contribution is -2.13. The Bertz CT molecular complexity index is 792. The van der Waals surface area contributed by atoms with Gasteiger partial charge >= 0.3 is 0 Å². The van der Waals surface area contributed by atoms with Crippen molar-refractivity contribution in [3.8, 4) is 0 Å². The molecule has 6 nitrogen and oxygen atoms in total. The summed E-state index contributed by atoms with van der Waals surface area (Å²) in [7, 11) is -3.63. The largest absolute Gasteiger partial charge is 0.271 e. The Morgan fingerprint density at radius 3 is 2.95 bits per heavy atom. The second kappa shape index (κ2) is 5.66. The van der Waals surface area contributed by atoms with E-state index in [1.54, 1.807) is 17.8 Å². The highest BCUT2D eigenvalue weighted by atomic mass is 32.2. The number of hydrogen-bond donors (Lipinski definition) is 1. The Morgan fingerprint density at radius 1 is 1.50 bits per heavy atom. The average molecular weight is 340 g/mol. The molecule has 0 radical (unpaired) electrons. The number of anilines is 1. The molecule has 3 rings (SSSR count). The molecular formula is C14H20N4O2S2. The highest BCUT2D eigenvalue weighted by molar-refractivity contribution is 7.93. The number of sulfonamides is 1. The molecule has 0 fully saturated rings. The molecule has 0 spiro atoms. The normalized spacial score (nSPS) is 18.2. The second-order valence-electron chi connectivity index (χ2n) is 5.78. The molecular weight excluding hydrogens is 320 g/mol. The number of hydrogen-bond acceptors (Lipinski definition) is 5. The van der Waals surface area contributed by atoms with Crippen LogP contribution in [0.5, 0.6) is 0 Å². The zero-order chi connectivity index (χ0) is 15.9. The summed E-state index contributed by atoms with van der Waals surface area (Å²) in [6.07, 6.45) is 4.60. The summed E-state index contributed by atoms with van der Waals surface area (Å²) in [5.74, 6) is 0.641. The maximum atomic E-state index is 12.5. The van der Waals surface area contributed by atoms with Crippen LogP contribution in [0.25, 0.3) is 0 Å². The second-order valence-corrected chi connectivity index (χ2v) is 8.51. The number of aryl methyl sites for hydroxylation is 3. The Hall–Kier alpha value is -1.41. The van der Waals surface area contributed by atoms with E-state index in [4.69, 9.17) is 0 Å². The van der Waals surface area contributed by atoms with Crippen LogP contribution in [0, 0.1) is 12.8 Å². The third kappa shape index (κ3) is 2.89. The molecule has 1 aliphatic rings. The van der Waals surface area contributed by atoms with Crippen molar-refractivity contribution in [3.63, 3.8) is 0 Å². The highest BCUT2D eigenvalue weighted by Gasteiger charge is 2.24. The van der Waals surface area contributed by atoms with Gasteiger partial charge in [0, 0.05) is 17.6 Å². The van der Waals surface area contributed by atoms with Crippen LogP contribution in [0.1, 0.15) is 36.5 Å². The monoisotopic (exact) mass is 340 g/mol. The number of fused-ring (bicyclic) bond motifs is 1. The molecule has 22 heavy (non-hydrogen) atoms. The molecule has 0 aliphatic heterocycles. The van der Waals surface area contributed by atoms with Gasteiger partial charge in [-0.05, 0) is 39.0 Å². The molecule has 1 unspecified atom stereocenters. The first-order valence-corrected chi connectivity index (χ1v) is 9.74. The minimum atomic E-state index is -3.63. The molecule has 0 saturated heterocycles. The lowest BCUT2D eigenvalue weighted by molar-refractivity contribution is 0.502. The zero-order valence-corrected chi connectivity index (χ0v) is 14.6. The molecule has 1 N–H and O–H groups in total. The first-order valence-electron chi connectivity index (χ1n) is 7.44. The van der Waals surface area contributed by atoms with Gasteiger partial charge in [0.2, 0.25) is 0 Å². The Labute approximate surface area is 134 Å². The third-order valence-electron chi connectivity index (χ3n) is 3.92. The first kappa shape index (κ1) is 15.5. The molecule has 0 aromatic carbocycles. The van der Waals surface area contributed by atoms with E-state index in [1.165, 1.54) is 16.2 Å². The predicted molar refractivity (Wildman–Crippen MR) is 86.7 cm³/mol. The van der Waals surface area contributed by atoms with Crippen molar-refractivity contribution >= 4 is 26.5 Å². The van der Waals surface area contributed by atoms with Crippen molar-refractivity contribution in [2.45, 2.75) is 51.5 Å². The number of nitrogens with zero attached hydrogens (tertiary/aromatic N) is 3. The van der Waals surface area contributed by atoms with E-state index in [1.807, 2.05) is 6.92 Å². The van der Waals surface area contributed by atoms with E-state index < -0.39 is 10.0 Å². The van der Waals surface area contributed by atoms with E-state index in [0.29, 0.717) is 23.3 Å². The average Bonchev–Trinajstić information content (AvgIpc) is 3.00. The minimum absolute atomic E-state index is 0.218. The van der Waals surface area contributed by atoms with Crippen LogP contribution in [0.2, 0.25) is 0 Å². The maximum Gasteiger partial charge on any atom is 0.267 e. The van der Waals surface area contributed by atoms with Gasteiger partial charge in [-0.25, -0.2) is 13.4 Å². The molecule has 0 bridgehead atoms. The van der Waals surface area contributed by atoms with Crippen molar-refractivity contribution in [1.29, 1.82) is 0 Å². The Morgan fingerprint density at radius 2 is 2.27 bits per heavy atom. The number of rotatable bonds is 4. The summed E-state index contributed by atoms with van der Waals surface area (Å²) in [6.45, 7) is 6.48. The molecule has 8 heteroatoms. The van der Waals surface area contributed by atoms with Crippen LogP contribution < -0.4 is 4.72 Å². The van der Waals surface area contributed by atoms with Crippen molar-refractivity contribution in [1.82, 2.24) is 14.8 Å². The SMILES string of the molecule is CCn1cc(S(=O)(=O)Nc2nc3c(s2)CC(C)CC3)c(C)n1. The van der Waals surface area contributed by atoms with E-state index in [9.17, 15) is 8.42 Å². The highest BCUT2D eigenvalue weighted by Crippen LogP contribution is 2.33. The lowest BCUT2D eigenvalue weighted by atomic mass is 9.93. The number of thiazole rings is 1. The van der Waals surface area contributed by atoms with Crippen LogP contribution >= 0.6 is 11.3 Å². The minimum Gasteiger partial charge on any atom is -0.271 e. The Balaban J connectivity index is 1.87. The number of nitrogens with one attached hydrogen (secondary N) is 1. The number of aromatic nitrogens is 3. The Kier molecular flexibility index (Phi) is 3.98. The maximum absolute atomic E-state index is 12.5. The standard InChI is InChI=1S/C14H20N4O2S2/c1-4-18-8-13(10(3)16-18)22(19,20)17-14-15-11-6-5-9(2)7-12(11)21-14/h8-9H,4-7H2,1-3H3,(H,15,17). The van der Waals surface area contributed by atoms with E-state index in [-0.39, 0.29) is 4.90 Å². The summed E-state index contributed by atoms with van der Waals surface area (Å²) in [5.41, 5.74) is 1.55. The van der Waals surface area contributed by atoms with E-state index in [0.717, 1.165) is 25.0 Å². The smallest absolute Gasteiger partial charge is 0.267 e. The van der Waals surface area contributed by atoms with E-state index in [2.05, 4.69) is 21.7 Å². The van der Waals surface area contributed by atoms with Crippen LogP contribution in [0.15, 0.2) is 11.1 Å². The quantitative estimate of drug-likeness (QED) is 0.928. The molecule has 1 aliphatic carbocycles. The zero-order valence-electron chi connectivity index (χ0n) is 13.0. The van der Waals surface area contributed by atoms with Crippen LogP contribution in [-0.2, 0) is 29.4 Å². The predicted octanol–water partition coefficient (Wildman–Crippen LogP) is 2.59. The molecule has 1 atom stereocenters. The van der Waals surface area contributed by atoms with Gasteiger partial charge in [0.25, 0.3) is 10.0 Å². The topological polar surface area (TPSA) is 76.9 Å². The summed E-state index contributed by atoms with van der Waals surface area (Å²) in [5, 5.41) is 4.65. The van der Waals surface area contributed by atoms with Gasteiger partial charge < -0.3 is 0 Å². The molecule has 2 aromatic heterocycles. The molecule has 2 heterocycles. The summed E-state index contributed by atoms with van der Waals surface area (Å²) in [4.78, 5) is 5.88. The molecule has 2 aromatic rings. The van der Waals surface area contributed by atoms with E-state index >= 15 is 0 Å². The fourth-order valence-electron chi connectivity index (χ4n) is 2.68. The van der Waals surface area contributed by atoms with Gasteiger partial charge in [0.15, 0.2) is 5.13 Å². The molecule has 0 saturated carbocycles. The van der Waals surface area contributed by atoms with Gasteiger partial charge in [0.05, 0.1) is 11.4 Å². The van der Waals surface area contributed by atoms with Crippen molar-refractivity contribution in [3.05, 3.63) is 22.5 Å². The lowest BCUT2D eigenvalue weighted by Gasteiger charge is -2.15. The molecule has 0 amide bonds. The van der Waals surface area contributed by atoms with Crippen LogP contribution in [0.3, 0.4) is 0 Å². The van der Waals surface area contributed by atoms with Crippen molar-refractivity contribution in [2.75, 3.05) is 4.72 Å². The summed E-state index contributed by atoms with van der Waals surface area (Å²) < 4.78 is 29.3. The third-order valence-corrected chi connectivity index (χ3v) is 6.53. The van der Waals surface area contributed by atoms with Gasteiger partial charge in [0.1, 0.15) is 4.90 Å². The van der Waals surface area contributed by atoms with Crippen molar-refractivity contribution in [2.24, 2.45) is 5.92 Å². The van der Waals surface area contributed by atoms with Crippen LogP contribution in [0.4, 0.5) is 5.13 Å². The first-order chi connectivity index (χ1) is 10.4. The molecule has 120 valence electrons.